The number of aromatic nitrogens is 3. The lowest BCUT2D eigenvalue weighted by atomic mass is 10.2. The largest absolute Gasteiger partial charge is 0.331 e. The summed E-state index contributed by atoms with van der Waals surface area (Å²) in [5.74, 6) is 0. The number of para-hydroxylation sites is 2. The van der Waals surface area contributed by atoms with Crippen LogP contribution in [0.15, 0.2) is 42.6 Å². The van der Waals surface area contributed by atoms with E-state index in [0.717, 1.165) is 21.5 Å². The molecule has 2 aromatic heterocycles. The van der Waals surface area contributed by atoms with Gasteiger partial charge in [-0.15, -0.1) is 0 Å². The zero-order valence-electron chi connectivity index (χ0n) is 10.1. The van der Waals surface area contributed by atoms with E-state index in [1.165, 1.54) is 5.56 Å². The van der Waals surface area contributed by atoms with Crippen molar-refractivity contribution in [1.82, 2.24) is 14.5 Å². The van der Waals surface area contributed by atoms with E-state index < -0.39 is 0 Å². The minimum atomic E-state index is 0.704. The van der Waals surface area contributed by atoms with E-state index >= 15 is 0 Å². The summed E-state index contributed by atoms with van der Waals surface area (Å²) in [5, 5.41) is 0. The minimum absolute atomic E-state index is 0.704. The average Bonchev–Trinajstić information content (AvgIpc) is 2.69. The van der Waals surface area contributed by atoms with Crippen molar-refractivity contribution in [1.29, 1.82) is 0 Å². The molecule has 1 N–H and O–H groups in total. The lowest BCUT2D eigenvalue weighted by Gasteiger charge is -2.06. The van der Waals surface area contributed by atoms with Crippen LogP contribution >= 0.6 is 12.2 Å². The highest BCUT2D eigenvalue weighted by Crippen LogP contribution is 2.16. The lowest BCUT2D eigenvalue weighted by Crippen LogP contribution is -2.03. The molecule has 0 saturated heterocycles. The first-order valence-corrected chi connectivity index (χ1v) is 6.24. The molecule has 4 heteroatoms. The van der Waals surface area contributed by atoms with Crippen LogP contribution in [0.25, 0.3) is 11.0 Å². The lowest BCUT2D eigenvalue weighted by molar-refractivity contribution is 0.778. The molecule has 0 aliphatic heterocycles. The predicted molar refractivity (Wildman–Crippen MR) is 75.2 cm³/mol. The van der Waals surface area contributed by atoms with Crippen molar-refractivity contribution in [2.45, 2.75) is 13.5 Å². The predicted octanol–water partition coefficient (Wildman–Crippen LogP) is 3.45. The van der Waals surface area contributed by atoms with Gasteiger partial charge in [-0.2, -0.15) is 0 Å². The second-order valence-electron chi connectivity index (χ2n) is 4.30. The maximum atomic E-state index is 5.37. The van der Waals surface area contributed by atoms with Crippen molar-refractivity contribution in [3.05, 3.63) is 58.6 Å². The Morgan fingerprint density at radius 1 is 1.22 bits per heavy atom. The van der Waals surface area contributed by atoms with E-state index in [9.17, 15) is 0 Å². The van der Waals surface area contributed by atoms with Gasteiger partial charge in [-0.25, -0.2) is 0 Å². The third-order valence-corrected chi connectivity index (χ3v) is 3.43. The molecule has 0 atom stereocenters. The van der Waals surface area contributed by atoms with Crippen molar-refractivity contribution in [3.63, 3.8) is 0 Å². The fourth-order valence-corrected chi connectivity index (χ4v) is 2.37. The molecule has 0 aliphatic rings. The summed E-state index contributed by atoms with van der Waals surface area (Å²) in [7, 11) is 0. The Balaban J connectivity index is 2.13. The molecule has 0 unspecified atom stereocenters. The Kier molecular flexibility index (Phi) is 2.72. The highest BCUT2D eigenvalue weighted by Gasteiger charge is 2.06. The Morgan fingerprint density at radius 2 is 2.06 bits per heavy atom. The number of hydrogen-bond acceptors (Lipinski definition) is 2. The fraction of sp³-hybridized carbons (Fsp3) is 0.143. The molecule has 0 fully saturated rings. The van der Waals surface area contributed by atoms with E-state index in [2.05, 4.69) is 33.6 Å². The van der Waals surface area contributed by atoms with Gasteiger partial charge in [0.15, 0.2) is 4.77 Å². The molecular weight excluding hydrogens is 242 g/mol. The maximum Gasteiger partial charge on any atom is 0.178 e. The molecule has 3 nitrogen and oxygen atoms in total. The molecule has 0 saturated carbocycles. The van der Waals surface area contributed by atoms with Gasteiger partial charge < -0.3 is 9.55 Å². The molecule has 3 rings (SSSR count). The van der Waals surface area contributed by atoms with Crippen molar-refractivity contribution in [3.8, 4) is 0 Å². The van der Waals surface area contributed by atoms with Crippen molar-refractivity contribution in [2.75, 3.05) is 0 Å². The first kappa shape index (κ1) is 11.2. The topological polar surface area (TPSA) is 33.6 Å². The van der Waals surface area contributed by atoms with E-state index in [-0.39, 0.29) is 0 Å². The third-order valence-electron chi connectivity index (χ3n) is 3.11. The molecule has 1 aromatic carbocycles. The first-order chi connectivity index (χ1) is 8.75. The molecule has 2 heterocycles. The summed E-state index contributed by atoms with van der Waals surface area (Å²) < 4.78 is 2.82. The standard InChI is InChI=1S/C14H13N3S/c1-10-5-4-8-15-12(10)9-17-13-7-3-2-6-11(13)16-14(17)18/h2-8H,9H2,1H3,(H,16,18). The summed E-state index contributed by atoms with van der Waals surface area (Å²) in [6, 6.07) is 12.2. The molecule has 0 aliphatic carbocycles. The Morgan fingerprint density at radius 3 is 2.89 bits per heavy atom. The van der Waals surface area contributed by atoms with Crippen molar-refractivity contribution < 1.29 is 0 Å². The second-order valence-corrected chi connectivity index (χ2v) is 4.69. The van der Waals surface area contributed by atoms with Crippen LogP contribution in [0.1, 0.15) is 11.3 Å². The molecule has 18 heavy (non-hydrogen) atoms. The summed E-state index contributed by atoms with van der Waals surface area (Å²) in [6.45, 7) is 2.77. The number of hydrogen-bond donors (Lipinski definition) is 1. The van der Waals surface area contributed by atoms with Crippen LogP contribution in [0.4, 0.5) is 0 Å². The van der Waals surface area contributed by atoms with Gasteiger partial charge in [-0.1, -0.05) is 18.2 Å². The molecule has 90 valence electrons. The van der Waals surface area contributed by atoms with Crippen molar-refractivity contribution in [2.24, 2.45) is 0 Å². The number of H-pyrrole nitrogens is 1. The molecule has 3 aromatic rings. The van der Waals surface area contributed by atoms with Crippen LogP contribution in [0.2, 0.25) is 0 Å². The highest BCUT2D eigenvalue weighted by molar-refractivity contribution is 7.71. The molecule has 0 amide bonds. The van der Waals surface area contributed by atoms with Gasteiger partial charge in [0, 0.05) is 6.20 Å². The van der Waals surface area contributed by atoms with Gasteiger partial charge in [0.05, 0.1) is 23.3 Å². The van der Waals surface area contributed by atoms with Gasteiger partial charge >= 0.3 is 0 Å². The van der Waals surface area contributed by atoms with Crippen LogP contribution in [-0.2, 0) is 6.54 Å². The first-order valence-electron chi connectivity index (χ1n) is 5.84. The number of rotatable bonds is 2. The van der Waals surface area contributed by atoms with E-state index in [0.29, 0.717) is 6.54 Å². The number of aromatic amines is 1. The fourth-order valence-electron chi connectivity index (χ4n) is 2.10. The zero-order chi connectivity index (χ0) is 12.5. The maximum absolute atomic E-state index is 5.37. The van der Waals surface area contributed by atoms with E-state index in [4.69, 9.17) is 12.2 Å². The number of nitrogens with zero attached hydrogens (tertiary/aromatic N) is 2. The van der Waals surface area contributed by atoms with Crippen molar-refractivity contribution >= 4 is 23.3 Å². The molecule has 0 bridgehead atoms. The normalized spacial score (nSPS) is 10.9. The molecular formula is C14H13N3S. The van der Waals surface area contributed by atoms with Crippen LogP contribution in [-0.4, -0.2) is 14.5 Å². The van der Waals surface area contributed by atoms with Gasteiger partial charge in [0.25, 0.3) is 0 Å². The Hall–Kier alpha value is -1.94. The highest BCUT2D eigenvalue weighted by atomic mass is 32.1. The SMILES string of the molecule is Cc1cccnc1Cn1c(=S)[nH]c2ccccc21. The number of imidazole rings is 1. The van der Waals surface area contributed by atoms with Gasteiger partial charge in [-0.3, -0.25) is 4.98 Å². The van der Waals surface area contributed by atoms with Crippen LogP contribution < -0.4 is 0 Å². The van der Waals surface area contributed by atoms with Gasteiger partial charge in [0.1, 0.15) is 0 Å². The van der Waals surface area contributed by atoms with Crippen LogP contribution in [0.3, 0.4) is 0 Å². The summed E-state index contributed by atoms with van der Waals surface area (Å²) in [6.07, 6.45) is 1.82. The second kappa shape index (κ2) is 4.38. The van der Waals surface area contributed by atoms with Gasteiger partial charge in [0.2, 0.25) is 0 Å². The minimum Gasteiger partial charge on any atom is -0.331 e. The third kappa shape index (κ3) is 1.84. The Bertz CT molecular complexity index is 755. The average molecular weight is 255 g/mol. The number of fused-ring (bicyclic) bond motifs is 1. The number of aryl methyl sites for hydroxylation is 1. The summed E-state index contributed by atoms with van der Waals surface area (Å²) >= 11 is 5.37. The molecule has 0 spiro atoms. The monoisotopic (exact) mass is 255 g/mol. The van der Waals surface area contributed by atoms with E-state index in [1.807, 2.05) is 30.5 Å². The van der Waals surface area contributed by atoms with Crippen LogP contribution in [0.5, 0.6) is 0 Å². The number of pyridine rings is 1. The van der Waals surface area contributed by atoms with E-state index in [1.54, 1.807) is 0 Å². The quantitative estimate of drug-likeness (QED) is 0.712. The summed E-state index contributed by atoms with van der Waals surface area (Å²) in [4.78, 5) is 7.64. The van der Waals surface area contributed by atoms with Crippen LogP contribution in [0, 0.1) is 11.7 Å². The number of benzene rings is 1. The smallest absolute Gasteiger partial charge is 0.178 e. The summed E-state index contributed by atoms with van der Waals surface area (Å²) in [5.41, 5.74) is 4.42. The molecule has 0 radical (unpaired) electrons. The Labute approximate surface area is 110 Å². The van der Waals surface area contributed by atoms with Gasteiger partial charge in [-0.05, 0) is 42.9 Å². The number of nitrogens with one attached hydrogen (secondary N) is 1. The zero-order valence-corrected chi connectivity index (χ0v) is 10.9.